The van der Waals surface area contributed by atoms with E-state index in [9.17, 15) is 13.2 Å². The first-order valence-electron chi connectivity index (χ1n) is 9.52. The fourth-order valence-corrected chi connectivity index (χ4v) is 6.63. The van der Waals surface area contributed by atoms with E-state index in [1.54, 1.807) is 18.2 Å². The second-order valence-electron chi connectivity index (χ2n) is 7.54. The molecule has 2 heterocycles. The Balaban J connectivity index is 1.58. The first-order chi connectivity index (χ1) is 13.0. The molecule has 2 aromatic rings. The summed E-state index contributed by atoms with van der Waals surface area (Å²) in [6, 6.07) is 4.46. The average Bonchev–Trinajstić information content (AvgIpc) is 3.32. The van der Waals surface area contributed by atoms with Gasteiger partial charge in [0.25, 0.3) is 0 Å². The normalized spacial score (nSPS) is 27.1. The van der Waals surface area contributed by atoms with Gasteiger partial charge in [0.15, 0.2) is 0 Å². The van der Waals surface area contributed by atoms with Crippen molar-refractivity contribution in [1.29, 1.82) is 0 Å². The molecule has 7 nitrogen and oxygen atoms in total. The minimum Gasteiger partial charge on any atom is -0.352 e. The predicted molar refractivity (Wildman–Crippen MR) is 104 cm³/mol. The van der Waals surface area contributed by atoms with E-state index in [2.05, 4.69) is 21.0 Å². The largest absolute Gasteiger partial charge is 0.352 e. The lowest BCUT2D eigenvalue weighted by Gasteiger charge is -2.32. The molecule has 9 heteroatoms. The maximum atomic E-state index is 13.3. The van der Waals surface area contributed by atoms with Gasteiger partial charge in [0.05, 0.1) is 11.7 Å². The molecule has 0 bridgehead atoms. The summed E-state index contributed by atoms with van der Waals surface area (Å²) in [6.45, 7) is 2.51. The van der Waals surface area contributed by atoms with Crippen molar-refractivity contribution in [2.45, 2.75) is 62.4 Å². The van der Waals surface area contributed by atoms with Crippen LogP contribution in [0.4, 0.5) is 0 Å². The highest BCUT2D eigenvalue weighted by Gasteiger charge is 2.41. The van der Waals surface area contributed by atoms with Crippen LogP contribution >= 0.6 is 11.7 Å². The van der Waals surface area contributed by atoms with Crippen LogP contribution < -0.4 is 5.32 Å². The number of amides is 1. The van der Waals surface area contributed by atoms with Crippen molar-refractivity contribution >= 4 is 38.7 Å². The van der Waals surface area contributed by atoms with Gasteiger partial charge in [-0.1, -0.05) is 25.8 Å². The summed E-state index contributed by atoms with van der Waals surface area (Å²) >= 11 is 0.994. The number of fused-ring (bicyclic) bond motifs is 1. The van der Waals surface area contributed by atoms with E-state index in [-0.39, 0.29) is 16.8 Å². The number of aromatic nitrogens is 2. The van der Waals surface area contributed by atoms with Crippen LogP contribution in [0.25, 0.3) is 11.0 Å². The van der Waals surface area contributed by atoms with Crippen LogP contribution in [0.1, 0.15) is 45.4 Å². The number of hydrogen-bond acceptors (Lipinski definition) is 6. The summed E-state index contributed by atoms with van der Waals surface area (Å²) in [7, 11) is -3.81. The molecule has 3 atom stereocenters. The topological polar surface area (TPSA) is 92.3 Å². The molecule has 146 valence electrons. The minimum atomic E-state index is -3.81. The number of rotatable bonds is 4. The highest BCUT2D eigenvalue weighted by Crippen LogP contribution is 2.31. The van der Waals surface area contributed by atoms with E-state index in [0.717, 1.165) is 31.0 Å². The molecule has 1 N–H and O–H groups in total. The lowest BCUT2D eigenvalue weighted by atomic mass is 9.86. The Morgan fingerprint density at radius 1 is 1.19 bits per heavy atom. The van der Waals surface area contributed by atoms with Gasteiger partial charge in [-0.25, -0.2) is 8.42 Å². The van der Waals surface area contributed by atoms with Crippen LogP contribution in [0, 0.1) is 5.92 Å². The first-order valence-corrected chi connectivity index (χ1v) is 11.7. The van der Waals surface area contributed by atoms with E-state index >= 15 is 0 Å². The van der Waals surface area contributed by atoms with Gasteiger partial charge in [-0.2, -0.15) is 13.1 Å². The van der Waals surface area contributed by atoms with E-state index in [0.29, 0.717) is 36.3 Å². The number of benzene rings is 1. The Bertz CT molecular complexity index is 943. The molecule has 2 aliphatic rings. The standard InChI is InChI=1S/C18H24N4O3S2/c1-12-6-2-3-7-13(12)19-18(23)15-9-5-11-22(15)27(24,25)16-10-4-8-14-17(16)21-26-20-14/h4,8,10,12-13,15H,2-3,5-7,9,11H2,1H3,(H,19,23)/t12-,13-,15+/m1/s1. The Hall–Kier alpha value is -1.58. The second-order valence-corrected chi connectivity index (χ2v) is 9.93. The molecule has 4 rings (SSSR count). The molecular weight excluding hydrogens is 384 g/mol. The first kappa shape index (κ1) is 18.8. The van der Waals surface area contributed by atoms with Gasteiger partial charge in [0.2, 0.25) is 15.9 Å². The number of sulfonamides is 1. The van der Waals surface area contributed by atoms with Gasteiger partial charge in [0, 0.05) is 12.6 Å². The number of nitrogens with zero attached hydrogens (tertiary/aromatic N) is 3. The van der Waals surface area contributed by atoms with Gasteiger partial charge in [-0.05, 0) is 43.7 Å². The molecule has 1 saturated carbocycles. The van der Waals surface area contributed by atoms with Gasteiger partial charge in [-0.15, -0.1) is 0 Å². The molecule has 1 aromatic heterocycles. The van der Waals surface area contributed by atoms with Crippen molar-refractivity contribution < 1.29 is 13.2 Å². The highest BCUT2D eigenvalue weighted by atomic mass is 32.2. The van der Waals surface area contributed by atoms with Crippen molar-refractivity contribution in [1.82, 2.24) is 18.4 Å². The van der Waals surface area contributed by atoms with Crippen molar-refractivity contribution in [3.05, 3.63) is 18.2 Å². The SMILES string of the molecule is C[C@@H]1CCCC[C@H]1NC(=O)[C@@H]1CCCN1S(=O)(=O)c1cccc2nsnc12. The third kappa shape index (κ3) is 3.48. The Morgan fingerprint density at radius 3 is 2.81 bits per heavy atom. The molecule has 1 saturated heterocycles. The zero-order valence-electron chi connectivity index (χ0n) is 15.3. The smallest absolute Gasteiger partial charge is 0.246 e. The molecule has 1 amide bonds. The molecular formula is C18H24N4O3S2. The van der Waals surface area contributed by atoms with Crippen LogP contribution in [0.5, 0.6) is 0 Å². The Labute approximate surface area is 163 Å². The summed E-state index contributed by atoms with van der Waals surface area (Å²) in [5, 5.41) is 3.13. The van der Waals surface area contributed by atoms with E-state index < -0.39 is 16.1 Å². The molecule has 0 unspecified atom stereocenters. The summed E-state index contributed by atoms with van der Waals surface area (Å²) in [5.74, 6) is 0.266. The summed E-state index contributed by atoms with van der Waals surface area (Å²) in [5.41, 5.74) is 0.951. The lowest BCUT2D eigenvalue weighted by molar-refractivity contribution is -0.125. The fourth-order valence-electron chi connectivity index (χ4n) is 4.22. The summed E-state index contributed by atoms with van der Waals surface area (Å²) in [6.07, 6.45) is 5.62. The number of carbonyl (C=O) groups excluding carboxylic acids is 1. The van der Waals surface area contributed by atoms with Crippen LogP contribution in [0.3, 0.4) is 0 Å². The molecule has 0 radical (unpaired) electrons. The molecule has 0 spiro atoms. The van der Waals surface area contributed by atoms with E-state index in [4.69, 9.17) is 0 Å². The van der Waals surface area contributed by atoms with Gasteiger partial charge in [0.1, 0.15) is 22.0 Å². The minimum absolute atomic E-state index is 0.138. The Kier molecular flexibility index (Phi) is 5.17. The number of carbonyl (C=O) groups is 1. The average molecular weight is 409 g/mol. The summed E-state index contributed by atoms with van der Waals surface area (Å²) in [4.78, 5) is 13.1. The molecule has 27 heavy (non-hydrogen) atoms. The quantitative estimate of drug-likeness (QED) is 0.839. The van der Waals surface area contributed by atoms with Gasteiger partial charge >= 0.3 is 0 Å². The lowest BCUT2D eigenvalue weighted by Crippen LogP contribution is -2.50. The second kappa shape index (κ2) is 7.44. The number of hydrogen-bond donors (Lipinski definition) is 1. The van der Waals surface area contributed by atoms with Gasteiger partial charge in [-0.3, -0.25) is 4.79 Å². The molecule has 1 aliphatic carbocycles. The fraction of sp³-hybridized carbons (Fsp3) is 0.611. The van der Waals surface area contributed by atoms with Gasteiger partial charge < -0.3 is 5.32 Å². The van der Waals surface area contributed by atoms with E-state index in [1.807, 2.05) is 0 Å². The maximum Gasteiger partial charge on any atom is 0.246 e. The van der Waals surface area contributed by atoms with Crippen molar-refractivity contribution in [2.24, 2.45) is 5.92 Å². The zero-order valence-corrected chi connectivity index (χ0v) is 16.9. The molecule has 2 fully saturated rings. The third-order valence-corrected chi connectivity index (χ3v) is 8.26. The zero-order chi connectivity index (χ0) is 19.0. The van der Waals surface area contributed by atoms with Crippen LogP contribution in [0.15, 0.2) is 23.1 Å². The predicted octanol–water partition coefficient (Wildman–Crippen LogP) is 2.54. The number of nitrogens with one attached hydrogen (secondary N) is 1. The van der Waals surface area contributed by atoms with Crippen LogP contribution in [-0.4, -0.2) is 46.0 Å². The van der Waals surface area contributed by atoms with Crippen molar-refractivity contribution in [3.8, 4) is 0 Å². The third-order valence-electron chi connectivity index (χ3n) is 5.78. The molecule has 1 aliphatic heterocycles. The molecule has 1 aromatic carbocycles. The van der Waals surface area contributed by atoms with Crippen molar-refractivity contribution in [3.63, 3.8) is 0 Å². The van der Waals surface area contributed by atoms with Crippen LogP contribution in [-0.2, 0) is 14.8 Å². The van der Waals surface area contributed by atoms with E-state index in [1.165, 1.54) is 10.7 Å². The Morgan fingerprint density at radius 2 is 2.00 bits per heavy atom. The monoisotopic (exact) mass is 408 g/mol. The highest BCUT2D eigenvalue weighted by molar-refractivity contribution is 7.89. The van der Waals surface area contributed by atoms with Crippen molar-refractivity contribution in [2.75, 3.05) is 6.54 Å². The maximum absolute atomic E-state index is 13.3. The summed E-state index contributed by atoms with van der Waals surface area (Å²) < 4.78 is 36.2. The van der Waals surface area contributed by atoms with Crippen LogP contribution in [0.2, 0.25) is 0 Å².